The summed E-state index contributed by atoms with van der Waals surface area (Å²) in [5.41, 5.74) is 1.51. The van der Waals surface area contributed by atoms with Gasteiger partial charge in [0.25, 0.3) is 0 Å². The third-order valence-corrected chi connectivity index (χ3v) is 7.78. The molecule has 23 heavy (non-hydrogen) atoms. The van der Waals surface area contributed by atoms with Crippen molar-refractivity contribution in [3.05, 3.63) is 35.0 Å². The van der Waals surface area contributed by atoms with Crippen LogP contribution in [0.15, 0.2) is 28.6 Å². The van der Waals surface area contributed by atoms with E-state index < -0.39 is 9.84 Å². The molecule has 0 unspecified atom stereocenters. The highest BCUT2D eigenvalue weighted by atomic mass is 32.2. The van der Waals surface area contributed by atoms with Crippen LogP contribution < -0.4 is 0 Å². The molecular weight excluding hydrogens is 333 g/mol. The molecule has 0 saturated heterocycles. The second-order valence-electron chi connectivity index (χ2n) is 5.94. The highest BCUT2D eigenvalue weighted by Crippen LogP contribution is 2.42. The van der Waals surface area contributed by atoms with Gasteiger partial charge in [-0.15, -0.1) is 11.3 Å². The molecule has 3 rings (SSSR count). The van der Waals surface area contributed by atoms with E-state index in [0.717, 1.165) is 23.3 Å². The number of rotatable bonds is 4. The van der Waals surface area contributed by atoms with Gasteiger partial charge in [-0.2, -0.15) is 0 Å². The Morgan fingerprint density at radius 2 is 1.83 bits per heavy atom. The van der Waals surface area contributed by atoms with Crippen molar-refractivity contribution in [3.63, 3.8) is 0 Å². The summed E-state index contributed by atoms with van der Waals surface area (Å²) in [7, 11) is -3.32. The molecule has 1 heterocycles. The molecule has 124 valence electrons. The molecule has 0 aliphatic heterocycles. The molecule has 0 N–H and O–H groups in total. The molecular formula is C17H20FNO2S2. The van der Waals surface area contributed by atoms with Crippen molar-refractivity contribution in [3.8, 4) is 11.3 Å². The van der Waals surface area contributed by atoms with Gasteiger partial charge in [0, 0.05) is 10.4 Å². The fraction of sp³-hybridized carbons (Fsp3) is 0.471. The monoisotopic (exact) mass is 353 g/mol. The minimum atomic E-state index is -3.32. The van der Waals surface area contributed by atoms with Crippen LogP contribution in [-0.4, -0.2) is 19.2 Å². The largest absolute Gasteiger partial charge is 0.225 e. The molecule has 0 atom stereocenters. The Bertz CT molecular complexity index is 775. The second-order valence-corrected chi connectivity index (χ2v) is 9.42. The Labute approximate surface area is 140 Å². The van der Waals surface area contributed by atoms with E-state index in [4.69, 9.17) is 0 Å². The van der Waals surface area contributed by atoms with Crippen molar-refractivity contribution in [1.29, 1.82) is 0 Å². The zero-order valence-electron chi connectivity index (χ0n) is 13.1. The molecule has 0 radical (unpaired) electrons. The number of halogens is 1. The zero-order chi connectivity index (χ0) is 16.4. The molecule has 1 saturated carbocycles. The quantitative estimate of drug-likeness (QED) is 0.794. The van der Waals surface area contributed by atoms with Gasteiger partial charge in [-0.25, -0.2) is 17.8 Å². The Balaban J connectivity index is 2.09. The van der Waals surface area contributed by atoms with Crippen LogP contribution in [0.1, 0.15) is 49.8 Å². The third kappa shape index (κ3) is 3.48. The van der Waals surface area contributed by atoms with Crippen molar-refractivity contribution in [1.82, 2.24) is 4.98 Å². The number of sulfone groups is 1. The smallest absolute Gasteiger partial charge is 0.210 e. The average Bonchev–Trinajstić information content (AvgIpc) is 3.02. The lowest BCUT2D eigenvalue weighted by Crippen LogP contribution is -2.04. The highest BCUT2D eigenvalue weighted by molar-refractivity contribution is 7.93. The summed E-state index contributed by atoms with van der Waals surface area (Å²) in [6.07, 6.45) is 5.72. The van der Waals surface area contributed by atoms with Gasteiger partial charge < -0.3 is 0 Å². The van der Waals surface area contributed by atoms with Gasteiger partial charge in [-0.05, 0) is 43.0 Å². The van der Waals surface area contributed by atoms with E-state index in [0.29, 0.717) is 11.6 Å². The van der Waals surface area contributed by atoms with E-state index in [9.17, 15) is 12.8 Å². The molecule has 1 aromatic heterocycles. The normalized spacial score (nSPS) is 16.6. The maximum Gasteiger partial charge on any atom is 0.210 e. The maximum atomic E-state index is 13.2. The second kappa shape index (κ2) is 6.69. The average molecular weight is 353 g/mol. The predicted octanol–water partition coefficient (Wildman–Crippen LogP) is 4.79. The van der Waals surface area contributed by atoms with Gasteiger partial charge in [0.1, 0.15) is 5.82 Å². The lowest BCUT2D eigenvalue weighted by Gasteiger charge is -2.21. The van der Waals surface area contributed by atoms with Gasteiger partial charge in [0.2, 0.25) is 14.2 Å². The van der Waals surface area contributed by atoms with Crippen LogP contribution in [0.4, 0.5) is 4.39 Å². The number of hydrogen-bond donors (Lipinski definition) is 0. The van der Waals surface area contributed by atoms with Crippen molar-refractivity contribution in [2.75, 3.05) is 5.75 Å². The van der Waals surface area contributed by atoms with Crippen LogP contribution in [0.5, 0.6) is 0 Å². The van der Waals surface area contributed by atoms with Gasteiger partial charge in [0.15, 0.2) is 0 Å². The van der Waals surface area contributed by atoms with Crippen LogP contribution in [0, 0.1) is 5.82 Å². The van der Waals surface area contributed by atoms with E-state index in [1.54, 1.807) is 19.1 Å². The lowest BCUT2D eigenvalue weighted by atomic mass is 9.87. The Kier molecular flexibility index (Phi) is 4.82. The lowest BCUT2D eigenvalue weighted by molar-refractivity contribution is 0.448. The van der Waals surface area contributed by atoms with E-state index in [1.165, 1.54) is 42.7 Å². The van der Waals surface area contributed by atoms with Gasteiger partial charge in [-0.1, -0.05) is 26.2 Å². The van der Waals surface area contributed by atoms with Crippen LogP contribution in [0.2, 0.25) is 0 Å². The molecule has 1 aromatic carbocycles. The van der Waals surface area contributed by atoms with Gasteiger partial charge >= 0.3 is 0 Å². The summed E-state index contributed by atoms with van der Waals surface area (Å²) in [4.78, 5) is 5.48. The summed E-state index contributed by atoms with van der Waals surface area (Å²) in [6, 6.07) is 6.15. The fourth-order valence-electron chi connectivity index (χ4n) is 3.02. The summed E-state index contributed by atoms with van der Waals surface area (Å²) < 4.78 is 37.8. The first-order valence-corrected chi connectivity index (χ1v) is 10.5. The number of thiazole rings is 1. The minimum Gasteiger partial charge on any atom is -0.225 e. The van der Waals surface area contributed by atoms with Crippen molar-refractivity contribution < 1.29 is 12.8 Å². The molecule has 0 spiro atoms. The summed E-state index contributed by atoms with van der Waals surface area (Å²) in [5.74, 6) is 0.111. The first kappa shape index (κ1) is 16.6. The standard InChI is InChI=1S/C17H20FNO2S2/c1-2-23(20,21)17-19-15(12-8-10-14(18)11-9-12)16(22-17)13-6-4-3-5-7-13/h8-11,13H,2-7H2,1H3. The van der Waals surface area contributed by atoms with E-state index >= 15 is 0 Å². The predicted molar refractivity (Wildman–Crippen MR) is 91.1 cm³/mol. The Hall–Kier alpha value is -1.27. The zero-order valence-corrected chi connectivity index (χ0v) is 14.7. The number of hydrogen-bond acceptors (Lipinski definition) is 4. The summed E-state index contributed by atoms with van der Waals surface area (Å²) >= 11 is 1.30. The van der Waals surface area contributed by atoms with Crippen LogP contribution in [0.3, 0.4) is 0 Å². The van der Waals surface area contributed by atoms with Crippen molar-refractivity contribution >= 4 is 21.2 Å². The number of benzene rings is 1. The first-order valence-electron chi connectivity index (χ1n) is 8.00. The van der Waals surface area contributed by atoms with Gasteiger partial charge in [-0.3, -0.25) is 0 Å². The Morgan fingerprint density at radius 3 is 2.43 bits per heavy atom. The van der Waals surface area contributed by atoms with Crippen LogP contribution >= 0.6 is 11.3 Å². The van der Waals surface area contributed by atoms with Crippen LogP contribution in [0.25, 0.3) is 11.3 Å². The molecule has 0 bridgehead atoms. The molecule has 1 aliphatic carbocycles. The van der Waals surface area contributed by atoms with E-state index in [2.05, 4.69) is 4.98 Å². The molecule has 2 aromatic rings. The third-order valence-electron chi connectivity index (χ3n) is 4.37. The maximum absolute atomic E-state index is 13.2. The SMILES string of the molecule is CCS(=O)(=O)c1nc(-c2ccc(F)cc2)c(C2CCCCC2)s1. The number of aromatic nitrogens is 1. The summed E-state index contributed by atoms with van der Waals surface area (Å²) in [6.45, 7) is 1.63. The van der Waals surface area contributed by atoms with Crippen molar-refractivity contribution in [2.45, 2.75) is 49.3 Å². The van der Waals surface area contributed by atoms with Crippen LogP contribution in [-0.2, 0) is 9.84 Å². The molecule has 1 aliphatic rings. The first-order chi connectivity index (χ1) is 11.0. The molecule has 1 fully saturated rings. The highest BCUT2D eigenvalue weighted by Gasteiger charge is 2.27. The molecule has 0 amide bonds. The fourth-order valence-corrected chi connectivity index (χ4v) is 5.62. The Morgan fingerprint density at radius 1 is 1.17 bits per heavy atom. The molecule has 6 heteroatoms. The molecule has 3 nitrogen and oxygen atoms in total. The van der Waals surface area contributed by atoms with E-state index in [1.807, 2.05) is 0 Å². The topological polar surface area (TPSA) is 47.0 Å². The van der Waals surface area contributed by atoms with E-state index in [-0.39, 0.29) is 15.9 Å². The minimum absolute atomic E-state index is 0.0491. The van der Waals surface area contributed by atoms with Gasteiger partial charge in [0.05, 0.1) is 11.4 Å². The van der Waals surface area contributed by atoms with Crippen molar-refractivity contribution in [2.24, 2.45) is 0 Å². The summed E-state index contributed by atoms with van der Waals surface area (Å²) in [5, 5.41) is 0. The number of nitrogens with zero attached hydrogens (tertiary/aromatic N) is 1.